The Bertz CT molecular complexity index is 545. The second kappa shape index (κ2) is 10.8. The number of ether oxygens (including phenoxy) is 3. The number of benzene rings is 1. The third-order valence-corrected chi connectivity index (χ3v) is 3.86. The van der Waals surface area contributed by atoms with Crippen molar-refractivity contribution in [3.63, 3.8) is 0 Å². The third kappa shape index (κ3) is 6.43. The van der Waals surface area contributed by atoms with E-state index in [1.54, 1.807) is 7.11 Å². The minimum atomic E-state index is -0.0301. The Hall–Kier alpha value is -1.99. The molecule has 0 radical (unpaired) electrons. The van der Waals surface area contributed by atoms with E-state index in [4.69, 9.17) is 19.3 Å². The zero-order valence-corrected chi connectivity index (χ0v) is 15.1. The highest BCUT2D eigenvalue weighted by Gasteiger charge is 2.15. The molecule has 0 aliphatic carbocycles. The summed E-state index contributed by atoms with van der Waals surface area (Å²) in [5.41, 5.74) is 1.02. The quantitative estimate of drug-likeness (QED) is 0.459. The van der Waals surface area contributed by atoms with Crippen molar-refractivity contribution in [3.8, 4) is 11.5 Å². The van der Waals surface area contributed by atoms with Gasteiger partial charge in [0, 0.05) is 19.7 Å². The Balaban J connectivity index is 1.95. The van der Waals surface area contributed by atoms with Crippen LogP contribution in [0.5, 0.6) is 11.5 Å². The molecular formula is C18H29N3O4. The number of nitrogens with one attached hydrogen (secondary N) is 2. The molecule has 1 aromatic rings. The van der Waals surface area contributed by atoms with Gasteiger partial charge in [0.2, 0.25) is 0 Å². The van der Waals surface area contributed by atoms with Gasteiger partial charge in [-0.25, -0.2) is 4.99 Å². The summed E-state index contributed by atoms with van der Waals surface area (Å²) in [6.45, 7) is 5.20. The number of hydrogen-bond donors (Lipinski definition) is 3. The first-order valence-corrected chi connectivity index (χ1v) is 8.81. The maximum Gasteiger partial charge on any atom is 0.191 e. The first-order valence-electron chi connectivity index (χ1n) is 8.81. The van der Waals surface area contributed by atoms with E-state index in [1.807, 2.05) is 25.1 Å². The van der Waals surface area contributed by atoms with Crippen molar-refractivity contribution in [2.24, 2.45) is 4.99 Å². The molecule has 25 heavy (non-hydrogen) atoms. The molecule has 0 bridgehead atoms. The van der Waals surface area contributed by atoms with Gasteiger partial charge in [0.15, 0.2) is 17.5 Å². The lowest BCUT2D eigenvalue weighted by molar-refractivity contribution is 0.114. The predicted octanol–water partition coefficient (Wildman–Crippen LogP) is 1.30. The Morgan fingerprint density at radius 3 is 2.92 bits per heavy atom. The molecule has 0 amide bonds. The van der Waals surface area contributed by atoms with Crippen LogP contribution >= 0.6 is 0 Å². The first kappa shape index (κ1) is 19.3. The van der Waals surface area contributed by atoms with Crippen molar-refractivity contribution >= 4 is 5.96 Å². The predicted molar refractivity (Wildman–Crippen MR) is 97.4 cm³/mol. The number of aliphatic hydroxyl groups excluding tert-OH is 1. The van der Waals surface area contributed by atoms with Crippen molar-refractivity contribution in [3.05, 3.63) is 23.8 Å². The van der Waals surface area contributed by atoms with Crippen LogP contribution in [0.3, 0.4) is 0 Å². The van der Waals surface area contributed by atoms with E-state index in [0.29, 0.717) is 18.0 Å². The average molecular weight is 351 g/mol. The number of rotatable bonds is 9. The summed E-state index contributed by atoms with van der Waals surface area (Å²) >= 11 is 0. The molecule has 1 aliphatic rings. The second-order valence-corrected chi connectivity index (χ2v) is 5.77. The van der Waals surface area contributed by atoms with Gasteiger partial charge in [-0.15, -0.1) is 0 Å². The summed E-state index contributed by atoms with van der Waals surface area (Å²) in [5, 5.41) is 15.4. The Kier molecular flexibility index (Phi) is 8.34. The summed E-state index contributed by atoms with van der Waals surface area (Å²) in [6, 6.07) is 5.69. The van der Waals surface area contributed by atoms with E-state index in [-0.39, 0.29) is 19.3 Å². The van der Waals surface area contributed by atoms with Crippen LogP contribution in [-0.4, -0.2) is 57.2 Å². The van der Waals surface area contributed by atoms with Crippen LogP contribution in [0.25, 0.3) is 0 Å². The zero-order chi connectivity index (χ0) is 17.9. The van der Waals surface area contributed by atoms with E-state index in [1.165, 1.54) is 0 Å². The van der Waals surface area contributed by atoms with Crippen LogP contribution in [0.4, 0.5) is 0 Å². The van der Waals surface area contributed by atoms with Crippen LogP contribution in [0.2, 0.25) is 0 Å². The van der Waals surface area contributed by atoms with E-state index in [9.17, 15) is 0 Å². The van der Waals surface area contributed by atoms with E-state index >= 15 is 0 Å². The maximum absolute atomic E-state index is 8.86. The molecule has 1 atom stereocenters. The fourth-order valence-corrected chi connectivity index (χ4v) is 2.61. The van der Waals surface area contributed by atoms with Gasteiger partial charge in [-0.1, -0.05) is 6.07 Å². The van der Waals surface area contributed by atoms with Crippen LogP contribution in [-0.2, 0) is 11.3 Å². The van der Waals surface area contributed by atoms with Gasteiger partial charge in [-0.2, -0.15) is 0 Å². The average Bonchev–Trinajstić information content (AvgIpc) is 3.16. The van der Waals surface area contributed by atoms with Gasteiger partial charge in [-0.05, 0) is 37.5 Å². The van der Waals surface area contributed by atoms with Crippen molar-refractivity contribution < 1.29 is 19.3 Å². The lowest BCUT2D eigenvalue weighted by Gasteiger charge is -2.15. The molecule has 0 aromatic heterocycles. The topological polar surface area (TPSA) is 84.3 Å². The first-order chi connectivity index (χ1) is 12.3. The maximum atomic E-state index is 8.86. The van der Waals surface area contributed by atoms with Crippen molar-refractivity contribution in [1.82, 2.24) is 10.6 Å². The van der Waals surface area contributed by atoms with Crippen LogP contribution in [0.1, 0.15) is 25.3 Å². The molecule has 1 saturated heterocycles. The molecule has 0 saturated carbocycles. The summed E-state index contributed by atoms with van der Waals surface area (Å²) in [5.74, 6) is 2.03. The van der Waals surface area contributed by atoms with Crippen LogP contribution in [0.15, 0.2) is 23.2 Å². The molecule has 1 aliphatic heterocycles. The number of hydrogen-bond acceptors (Lipinski definition) is 5. The fraction of sp³-hybridized carbons (Fsp3) is 0.611. The lowest BCUT2D eigenvalue weighted by Crippen LogP contribution is -2.41. The Labute approximate surface area is 149 Å². The second-order valence-electron chi connectivity index (χ2n) is 5.77. The Morgan fingerprint density at radius 1 is 1.36 bits per heavy atom. The van der Waals surface area contributed by atoms with Gasteiger partial charge >= 0.3 is 0 Å². The van der Waals surface area contributed by atoms with Gasteiger partial charge in [0.05, 0.1) is 26.4 Å². The SMILES string of the molecule is CCNC(=NCc1ccc(OCCO)c(OC)c1)NCC1CCCO1. The largest absolute Gasteiger partial charge is 0.493 e. The van der Waals surface area contributed by atoms with Crippen molar-refractivity contribution in [2.45, 2.75) is 32.4 Å². The van der Waals surface area contributed by atoms with E-state index in [0.717, 1.165) is 44.1 Å². The number of guanidine groups is 1. The minimum Gasteiger partial charge on any atom is -0.493 e. The van der Waals surface area contributed by atoms with Crippen LogP contribution in [0, 0.1) is 0 Å². The van der Waals surface area contributed by atoms with Crippen molar-refractivity contribution in [2.75, 3.05) is 40.0 Å². The summed E-state index contributed by atoms with van der Waals surface area (Å²) < 4.78 is 16.4. The smallest absolute Gasteiger partial charge is 0.191 e. The molecule has 1 unspecified atom stereocenters. The molecule has 1 heterocycles. The third-order valence-electron chi connectivity index (χ3n) is 3.86. The Morgan fingerprint density at radius 2 is 2.24 bits per heavy atom. The van der Waals surface area contributed by atoms with Gasteiger partial charge < -0.3 is 30.0 Å². The molecule has 0 spiro atoms. The molecule has 140 valence electrons. The summed E-state index contributed by atoms with van der Waals surface area (Å²) in [6.07, 6.45) is 2.50. The van der Waals surface area contributed by atoms with E-state index < -0.39 is 0 Å². The van der Waals surface area contributed by atoms with Gasteiger partial charge in [0.25, 0.3) is 0 Å². The summed E-state index contributed by atoms with van der Waals surface area (Å²) in [7, 11) is 1.60. The highest BCUT2D eigenvalue weighted by atomic mass is 16.5. The summed E-state index contributed by atoms with van der Waals surface area (Å²) in [4.78, 5) is 4.61. The van der Waals surface area contributed by atoms with Crippen molar-refractivity contribution in [1.29, 1.82) is 0 Å². The number of nitrogens with zero attached hydrogens (tertiary/aromatic N) is 1. The number of aliphatic hydroxyl groups is 1. The molecule has 1 fully saturated rings. The highest BCUT2D eigenvalue weighted by molar-refractivity contribution is 5.79. The fourth-order valence-electron chi connectivity index (χ4n) is 2.61. The molecule has 7 nitrogen and oxygen atoms in total. The number of aliphatic imine (C=N–C) groups is 1. The zero-order valence-electron chi connectivity index (χ0n) is 15.1. The monoisotopic (exact) mass is 351 g/mol. The molecule has 1 aromatic carbocycles. The molecule has 7 heteroatoms. The number of methoxy groups -OCH3 is 1. The van der Waals surface area contributed by atoms with Gasteiger partial charge in [-0.3, -0.25) is 0 Å². The lowest BCUT2D eigenvalue weighted by atomic mass is 10.2. The highest BCUT2D eigenvalue weighted by Crippen LogP contribution is 2.28. The van der Waals surface area contributed by atoms with E-state index in [2.05, 4.69) is 15.6 Å². The molecular weight excluding hydrogens is 322 g/mol. The van der Waals surface area contributed by atoms with Gasteiger partial charge in [0.1, 0.15) is 6.61 Å². The molecule has 3 N–H and O–H groups in total. The standard InChI is InChI=1S/C18H29N3O4/c1-3-19-18(21-13-15-5-4-9-24-15)20-12-14-6-7-16(25-10-8-22)17(11-14)23-2/h6-7,11,15,22H,3-5,8-10,12-13H2,1-2H3,(H2,19,20,21). The normalized spacial score (nSPS) is 17.4. The minimum absolute atomic E-state index is 0.0301. The van der Waals surface area contributed by atoms with Crippen LogP contribution < -0.4 is 20.1 Å². The molecule has 2 rings (SSSR count).